The van der Waals surface area contributed by atoms with E-state index in [-0.39, 0.29) is 17.1 Å². The molecular weight excluding hydrogens is 448 g/mol. The predicted molar refractivity (Wildman–Crippen MR) is 145 cm³/mol. The molecule has 0 bridgehead atoms. The molecule has 0 amide bonds. The Balaban J connectivity index is 1.81. The lowest BCUT2D eigenvalue weighted by Gasteiger charge is -2.33. The molecule has 0 saturated heterocycles. The number of hydrogen-bond acceptors (Lipinski definition) is 5. The van der Waals surface area contributed by atoms with E-state index in [4.69, 9.17) is 0 Å². The lowest BCUT2D eigenvalue weighted by Crippen LogP contribution is -2.36. The van der Waals surface area contributed by atoms with Crippen molar-refractivity contribution in [2.75, 3.05) is 0 Å². The highest BCUT2D eigenvalue weighted by Gasteiger charge is 2.31. The number of nitrogens with one attached hydrogen (secondary N) is 1. The molecule has 0 aliphatic rings. The van der Waals surface area contributed by atoms with E-state index in [0.29, 0.717) is 13.1 Å². The minimum Gasteiger partial charge on any atom is -0.322 e. The number of aromatic nitrogens is 5. The van der Waals surface area contributed by atoms with Crippen LogP contribution in [0, 0.1) is 13.8 Å². The van der Waals surface area contributed by atoms with Gasteiger partial charge in [0.1, 0.15) is 0 Å². The molecule has 2 aromatic heterocycles. The molecule has 0 spiro atoms. The van der Waals surface area contributed by atoms with E-state index in [0.717, 1.165) is 52.7 Å². The zero-order chi connectivity index (χ0) is 25.9. The van der Waals surface area contributed by atoms with E-state index < -0.39 is 0 Å². The number of fused-ring (bicyclic) bond motifs is 1. The number of nitrogens with zero attached hydrogens (tertiary/aromatic N) is 5. The molecule has 0 radical (unpaired) electrons. The standard InChI is InChI=1S/C29H38N6O/c1-7-12-26(27-31-32-33-35(27)29(5,6)8-2)34(18-22-13-10-9-11-14-22)19-23-17-24-21(4)15-20(3)16-25(24)30-28(23)36/h9-11,13-17,26H,7-8,12,18-19H2,1-6H3,(H,30,36)/t26-/m0/s1. The minimum atomic E-state index is -0.210. The van der Waals surface area contributed by atoms with Crippen molar-refractivity contribution in [1.82, 2.24) is 30.1 Å². The minimum absolute atomic E-state index is 0.0368. The van der Waals surface area contributed by atoms with Crippen molar-refractivity contribution in [2.45, 2.75) is 85.5 Å². The van der Waals surface area contributed by atoms with E-state index in [1.165, 1.54) is 5.56 Å². The first-order chi connectivity index (χ1) is 17.2. The lowest BCUT2D eigenvalue weighted by molar-refractivity contribution is 0.145. The van der Waals surface area contributed by atoms with Crippen molar-refractivity contribution < 1.29 is 0 Å². The third-order valence-corrected chi connectivity index (χ3v) is 7.22. The second-order valence-electron chi connectivity index (χ2n) is 10.5. The summed E-state index contributed by atoms with van der Waals surface area (Å²) in [7, 11) is 0. The second kappa shape index (κ2) is 10.7. The van der Waals surface area contributed by atoms with Crippen LogP contribution < -0.4 is 5.56 Å². The highest BCUT2D eigenvalue weighted by molar-refractivity contribution is 5.83. The van der Waals surface area contributed by atoms with Crippen LogP contribution in [0.3, 0.4) is 0 Å². The monoisotopic (exact) mass is 486 g/mol. The third kappa shape index (κ3) is 5.41. The zero-order valence-electron chi connectivity index (χ0n) is 22.4. The molecule has 0 aliphatic carbocycles. The number of pyridine rings is 1. The Morgan fingerprint density at radius 1 is 1.06 bits per heavy atom. The number of aryl methyl sites for hydroxylation is 2. The van der Waals surface area contributed by atoms with E-state index in [1.807, 2.05) is 16.8 Å². The average molecular weight is 487 g/mol. The maximum Gasteiger partial charge on any atom is 0.252 e. The van der Waals surface area contributed by atoms with E-state index in [9.17, 15) is 4.79 Å². The highest BCUT2D eigenvalue weighted by atomic mass is 16.1. The zero-order valence-corrected chi connectivity index (χ0v) is 22.4. The number of aromatic amines is 1. The van der Waals surface area contributed by atoms with Gasteiger partial charge >= 0.3 is 0 Å². The molecule has 1 N–H and O–H groups in total. The van der Waals surface area contributed by atoms with Crippen LogP contribution in [0.25, 0.3) is 10.9 Å². The summed E-state index contributed by atoms with van der Waals surface area (Å²) in [6.45, 7) is 14.0. The molecule has 0 unspecified atom stereocenters. The van der Waals surface area contributed by atoms with Crippen LogP contribution in [-0.4, -0.2) is 30.1 Å². The van der Waals surface area contributed by atoms with Gasteiger partial charge in [-0.15, -0.1) is 5.10 Å². The van der Waals surface area contributed by atoms with E-state index in [1.54, 1.807) is 0 Å². The Labute approximate surface area is 213 Å². The second-order valence-corrected chi connectivity index (χ2v) is 10.5. The molecule has 2 aromatic carbocycles. The average Bonchev–Trinajstić information content (AvgIpc) is 3.34. The van der Waals surface area contributed by atoms with Gasteiger partial charge in [0.2, 0.25) is 0 Å². The van der Waals surface area contributed by atoms with Crippen LogP contribution >= 0.6 is 0 Å². The smallest absolute Gasteiger partial charge is 0.252 e. The van der Waals surface area contributed by atoms with Crippen molar-refractivity contribution >= 4 is 10.9 Å². The number of rotatable bonds is 10. The third-order valence-electron chi connectivity index (χ3n) is 7.22. The maximum absolute atomic E-state index is 13.3. The van der Waals surface area contributed by atoms with Crippen LogP contribution in [0.15, 0.2) is 53.3 Å². The van der Waals surface area contributed by atoms with Crippen LogP contribution in [-0.2, 0) is 18.6 Å². The van der Waals surface area contributed by atoms with Crippen LogP contribution in [0.1, 0.15) is 81.1 Å². The summed E-state index contributed by atoms with van der Waals surface area (Å²) >= 11 is 0. The number of tetrazole rings is 1. The lowest BCUT2D eigenvalue weighted by atomic mass is 10.00. The fraction of sp³-hybridized carbons (Fsp3) is 0.448. The summed E-state index contributed by atoms with van der Waals surface area (Å²) in [5.41, 5.74) is 4.87. The van der Waals surface area contributed by atoms with Gasteiger partial charge < -0.3 is 4.98 Å². The first kappa shape index (κ1) is 25.8. The quantitative estimate of drug-likeness (QED) is 0.305. The van der Waals surface area contributed by atoms with Crippen LogP contribution in [0.2, 0.25) is 0 Å². The van der Waals surface area contributed by atoms with E-state index >= 15 is 0 Å². The largest absolute Gasteiger partial charge is 0.322 e. The molecule has 1 atom stereocenters. The SMILES string of the molecule is CCC[C@@H](c1nnnn1C(C)(C)CC)N(Cc1ccccc1)Cc1cc2c(C)cc(C)cc2[nH]c1=O. The van der Waals surface area contributed by atoms with Crippen molar-refractivity contribution in [3.8, 4) is 0 Å². The first-order valence-electron chi connectivity index (χ1n) is 12.9. The van der Waals surface area contributed by atoms with Crippen molar-refractivity contribution in [2.24, 2.45) is 0 Å². The first-order valence-corrected chi connectivity index (χ1v) is 12.9. The summed E-state index contributed by atoms with van der Waals surface area (Å²) < 4.78 is 1.98. The summed E-state index contributed by atoms with van der Waals surface area (Å²) in [5.74, 6) is 0.851. The molecule has 0 fully saturated rings. The Bertz CT molecular complexity index is 1370. The van der Waals surface area contributed by atoms with Gasteiger partial charge in [0.25, 0.3) is 5.56 Å². The van der Waals surface area contributed by atoms with Gasteiger partial charge in [0, 0.05) is 29.6 Å². The van der Waals surface area contributed by atoms with E-state index in [2.05, 4.69) is 103 Å². The molecule has 7 nitrogen and oxygen atoms in total. The van der Waals surface area contributed by atoms with Crippen molar-refractivity contribution in [1.29, 1.82) is 0 Å². The Morgan fingerprint density at radius 3 is 2.50 bits per heavy atom. The summed E-state index contributed by atoms with van der Waals surface area (Å²) in [4.78, 5) is 18.7. The summed E-state index contributed by atoms with van der Waals surface area (Å²) in [6, 6.07) is 16.6. The van der Waals surface area contributed by atoms with Gasteiger partial charge in [0.15, 0.2) is 5.82 Å². The molecule has 4 aromatic rings. The Kier molecular flexibility index (Phi) is 7.69. The molecule has 190 valence electrons. The molecule has 7 heteroatoms. The van der Waals surface area contributed by atoms with Crippen LogP contribution in [0.4, 0.5) is 0 Å². The number of benzene rings is 2. The molecule has 0 aliphatic heterocycles. The predicted octanol–water partition coefficient (Wildman–Crippen LogP) is 5.82. The fourth-order valence-electron chi connectivity index (χ4n) is 4.88. The molecule has 4 rings (SSSR count). The van der Waals surface area contributed by atoms with Crippen molar-refractivity contribution in [3.63, 3.8) is 0 Å². The van der Waals surface area contributed by atoms with Gasteiger partial charge in [-0.05, 0) is 79.8 Å². The molecule has 0 saturated carbocycles. The maximum atomic E-state index is 13.3. The molecule has 36 heavy (non-hydrogen) atoms. The molecular formula is C29H38N6O. The highest BCUT2D eigenvalue weighted by Crippen LogP contribution is 2.31. The van der Waals surface area contributed by atoms with Gasteiger partial charge in [-0.2, -0.15) is 0 Å². The topological polar surface area (TPSA) is 79.7 Å². The summed E-state index contributed by atoms with van der Waals surface area (Å²) in [6.07, 6.45) is 2.77. The van der Waals surface area contributed by atoms with Gasteiger partial charge in [-0.25, -0.2) is 4.68 Å². The normalized spacial score (nSPS) is 13.0. The fourth-order valence-corrected chi connectivity index (χ4v) is 4.88. The van der Waals surface area contributed by atoms with Crippen molar-refractivity contribution in [3.05, 3.63) is 87.0 Å². The Hall–Kier alpha value is -3.32. The van der Waals surface area contributed by atoms with Gasteiger partial charge in [-0.3, -0.25) is 9.69 Å². The molecule has 2 heterocycles. The van der Waals surface area contributed by atoms with Gasteiger partial charge in [-0.1, -0.05) is 56.7 Å². The summed E-state index contributed by atoms with van der Waals surface area (Å²) in [5, 5.41) is 14.1. The van der Waals surface area contributed by atoms with Crippen LogP contribution in [0.5, 0.6) is 0 Å². The van der Waals surface area contributed by atoms with Gasteiger partial charge in [0.05, 0.1) is 11.6 Å². The number of H-pyrrole nitrogens is 1. The number of hydrogen-bond donors (Lipinski definition) is 1. The Morgan fingerprint density at radius 2 is 1.81 bits per heavy atom.